The van der Waals surface area contributed by atoms with Crippen LogP contribution in [-0.2, 0) is 4.65 Å². The SMILES string of the molecule is C=CB(C)OC. The first kappa shape index (κ1) is 5.76. The molecule has 0 atom stereocenters. The molecule has 0 heterocycles. The predicted octanol–water partition coefficient (Wildman–Crippen LogP) is 0.979. The van der Waals surface area contributed by atoms with Crippen LogP contribution in [0.2, 0.25) is 6.82 Å². The molecular weight excluding hydrogens is 74.9 g/mol. The van der Waals surface area contributed by atoms with E-state index in [1.807, 2.05) is 6.82 Å². The Morgan fingerprint density at radius 1 is 1.83 bits per heavy atom. The number of hydrogen-bond donors (Lipinski definition) is 0. The third-order valence-corrected chi connectivity index (χ3v) is 0.704. The van der Waals surface area contributed by atoms with Gasteiger partial charge < -0.3 is 4.65 Å². The molecule has 0 unspecified atom stereocenters. The lowest BCUT2D eigenvalue weighted by Crippen LogP contribution is -2.04. The predicted molar refractivity (Wildman–Crippen MR) is 28.8 cm³/mol. The molecule has 0 rings (SSSR count). The fourth-order valence-corrected chi connectivity index (χ4v) is 0.0962. The van der Waals surface area contributed by atoms with Gasteiger partial charge in [0.15, 0.2) is 0 Å². The highest BCUT2D eigenvalue weighted by Gasteiger charge is 1.93. The summed E-state index contributed by atoms with van der Waals surface area (Å²) in [7, 11) is 1.66. The molecule has 0 aliphatic rings. The first-order valence-electron chi connectivity index (χ1n) is 1.96. The van der Waals surface area contributed by atoms with Crippen LogP contribution in [0.4, 0.5) is 0 Å². The van der Waals surface area contributed by atoms with Crippen molar-refractivity contribution in [3.05, 3.63) is 12.6 Å². The smallest absolute Gasteiger partial charge is 0.315 e. The lowest BCUT2D eigenvalue weighted by atomic mass is 9.72. The first-order chi connectivity index (χ1) is 2.81. The van der Waals surface area contributed by atoms with E-state index in [-0.39, 0.29) is 6.92 Å². The fraction of sp³-hybridized carbons (Fsp3) is 0.500. The van der Waals surface area contributed by atoms with E-state index in [1.54, 1.807) is 13.1 Å². The second kappa shape index (κ2) is 2.97. The lowest BCUT2D eigenvalue weighted by Gasteiger charge is -1.91. The van der Waals surface area contributed by atoms with E-state index < -0.39 is 0 Å². The minimum absolute atomic E-state index is 0.199. The molecule has 0 radical (unpaired) electrons. The van der Waals surface area contributed by atoms with Gasteiger partial charge in [-0.2, -0.15) is 0 Å². The Morgan fingerprint density at radius 2 is 2.33 bits per heavy atom. The standard InChI is InChI=1S/C4H9BO/c1-4-5(2)6-3/h4H,1H2,2-3H3. The van der Waals surface area contributed by atoms with Crippen molar-refractivity contribution >= 4 is 6.92 Å². The molecular formula is C4H9BO. The van der Waals surface area contributed by atoms with Gasteiger partial charge in [0.25, 0.3) is 0 Å². The van der Waals surface area contributed by atoms with E-state index in [9.17, 15) is 0 Å². The molecule has 0 N–H and O–H groups in total. The molecule has 0 aromatic rings. The van der Waals surface area contributed by atoms with Gasteiger partial charge in [0.1, 0.15) is 0 Å². The van der Waals surface area contributed by atoms with Gasteiger partial charge in [-0.3, -0.25) is 0 Å². The molecule has 0 saturated carbocycles. The van der Waals surface area contributed by atoms with E-state index in [1.165, 1.54) is 0 Å². The van der Waals surface area contributed by atoms with Gasteiger partial charge in [0.2, 0.25) is 0 Å². The normalized spacial score (nSPS) is 7.67. The van der Waals surface area contributed by atoms with Crippen LogP contribution in [0.5, 0.6) is 0 Å². The molecule has 1 nitrogen and oxygen atoms in total. The zero-order chi connectivity index (χ0) is 4.99. The van der Waals surface area contributed by atoms with Crippen LogP contribution in [0.15, 0.2) is 12.6 Å². The Kier molecular flexibility index (Phi) is 2.86. The molecule has 0 aliphatic heterocycles. The van der Waals surface area contributed by atoms with E-state index in [2.05, 4.69) is 6.58 Å². The molecule has 0 bridgehead atoms. The van der Waals surface area contributed by atoms with Gasteiger partial charge in [-0.25, -0.2) is 0 Å². The molecule has 2 heteroatoms. The first-order valence-corrected chi connectivity index (χ1v) is 1.96. The average Bonchev–Trinajstić information content (AvgIpc) is 1.65. The highest BCUT2D eigenvalue weighted by molar-refractivity contribution is 6.55. The van der Waals surface area contributed by atoms with E-state index in [0.717, 1.165) is 0 Å². The van der Waals surface area contributed by atoms with Crippen LogP contribution in [0.1, 0.15) is 0 Å². The maximum Gasteiger partial charge on any atom is 0.315 e. The Morgan fingerprint density at radius 3 is 2.33 bits per heavy atom. The molecule has 0 amide bonds. The minimum atomic E-state index is 0.199. The van der Waals surface area contributed by atoms with Crippen LogP contribution < -0.4 is 0 Å². The summed E-state index contributed by atoms with van der Waals surface area (Å²) in [6, 6.07) is 0. The Balaban J connectivity index is 2.96. The molecule has 0 fully saturated rings. The lowest BCUT2D eigenvalue weighted by molar-refractivity contribution is 0.434. The molecule has 0 aromatic heterocycles. The van der Waals surface area contributed by atoms with Crippen molar-refractivity contribution in [1.82, 2.24) is 0 Å². The summed E-state index contributed by atoms with van der Waals surface area (Å²) in [5, 5.41) is 0. The van der Waals surface area contributed by atoms with Crippen LogP contribution >= 0.6 is 0 Å². The largest absolute Gasteiger partial charge is 0.434 e. The summed E-state index contributed by atoms with van der Waals surface area (Å²) >= 11 is 0. The zero-order valence-electron chi connectivity index (χ0n) is 4.27. The third kappa shape index (κ3) is 2.03. The van der Waals surface area contributed by atoms with Gasteiger partial charge in [-0.15, -0.1) is 6.58 Å². The van der Waals surface area contributed by atoms with Crippen molar-refractivity contribution in [3.8, 4) is 0 Å². The van der Waals surface area contributed by atoms with Gasteiger partial charge in [-0.1, -0.05) is 12.8 Å². The Labute approximate surface area is 39.1 Å². The molecule has 0 aromatic carbocycles. The van der Waals surface area contributed by atoms with Gasteiger partial charge in [-0.05, 0) is 0 Å². The zero-order valence-corrected chi connectivity index (χ0v) is 4.27. The summed E-state index contributed by atoms with van der Waals surface area (Å²) in [4.78, 5) is 0. The Hall–Kier alpha value is -0.235. The molecule has 34 valence electrons. The summed E-state index contributed by atoms with van der Waals surface area (Å²) in [6.07, 6.45) is 0. The van der Waals surface area contributed by atoms with E-state index in [0.29, 0.717) is 0 Å². The molecule has 0 aliphatic carbocycles. The van der Waals surface area contributed by atoms with Gasteiger partial charge in [0, 0.05) is 7.11 Å². The van der Waals surface area contributed by atoms with Crippen molar-refractivity contribution in [2.24, 2.45) is 0 Å². The summed E-state index contributed by atoms with van der Waals surface area (Å²) in [6.45, 7) is 5.64. The van der Waals surface area contributed by atoms with Crippen molar-refractivity contribution in [2.75, 3.05) is 7.11 Å². The van der Waals surface area contributed by atoms with Crippen molar-refractivity contribution in [1.29, 1.82) is 0 Å². The van der Waals surface area contributed by atoms with Crippen LogP contribution in [0.3, 0.4) is 0 Å². The van der Waals surface area contributed by atoms with Crippen LogP contribution in [0.25, 0.3) is 0 Å². The average molecular weight is 83.9 g/mol. The minimum Gasteiger partial charge on any atom is -0.434 e. The van der Waals surface area contributed by atoms with Gasteiger partial charge >= 0.3 is 6.92 Å². The monoisotopic (exact) mass is 84.1 g/mol. The van der Waals surface area contributed by atoms with Crippen LogP contribution in [0, 0.1) is 0 Å². The summed E-state index contributed by atoms with van der Waals surface area (Å²) in [5.41, 5.74) is 0. The quantitative estimate of drug-likeness (QED) is 0.453. The maximum atomic E-state index is 4.78. The summed E-state index contributed by atoms with van der Waals surface area (Å²) < 4.78 is 4.78. The molecule has 6 heavy (non-hydrogen) atoms. The van der Waals surface area contributed by atoms with E-state index >= 15 is 0 Å². The van der Waals surface area contributed by atoms with Crippen molar-refractivity contribution in [2.45, 2.75) is 6.82 Å². The Bertz CT molecular complexity index is 44.8. The topological polar surface area (TPSA) is 9.23 Å². The third-order valence-electron chi connectivity index (χ3n) is 0.704. The number of rotatable bonds is 2. The molecule has 0 saturated heterocycles. The van der Waals surface area contributed by atoms with Crippen LogP contribution in [-0.4, -0.2) is 14.0 Å². The van der Waals surface area contributed by atoms with E-state index in [4.69, 9.17) is 4.65 Å². The number of hydrogen-bond acceptors (Lipinski definition) is 1. The maximum absolute atomic E-state index is 4.78. The van der Waals surface area contributed by atoms with Gasteiger partial charge in [0.05, 0.1) is 0 Å². The van der Waals surface area contributed by atoms with Crippen molar-refractivity contribution < 1.29 is 4.65 Å². The second-order valence-corrected chi connectivity index (χ2v) is 1.18. The highest BCUT2D eigenvalue weighted by Crippen LogP contribution is 1.78. The molecule has 0 spiro atoms. The fourth-order valence-electron chi connectivity index (χ4n) is 0.0962. The second-order valence-electron chi connectivity index (χ2n) is 1.18. The summed E-state index contributed by atoms with van der Waals surface area (Å²) in [5.74, 6) is 1.75. The van der Waals surface area contributed by atoms with Crippen molar-refractivity contribution in [3.63, 3.8) is 0 Å². The highest BCUT2D eigenvalue weighted by atomic mass is 16.4.